The van der Waals surface area contributed by atoms with Crippen molar-refractivity contribution in [1.29, 1.82) is 0 Å². The van der Waals surface area contributed by atoms with Crippen molar-refractivity contribution in [1.82, 2.24) is 15.1 Å². The molecule has 32 heavy (non-hydrogen) atoms. The van der Waals surface area contributed by atoms with Crippen LogP contribution in [0.5, 0.6) is 0 Å². The Morgan fingerprint density at radius 3 is 2.38 bits per heavy atom. The van der Waals surface area contributed by atoms with Gasteiger partial charge >= 0.3 is 0 Å². The van der Waals surface area contributed by atoms with Gasteiger partial charge in [0.1, 0.15) is 6.54 Å². The zero-order chi connectivity index (χ0) is 22.5. The molecule has 2 saturated heterocycles. The van der Waals surface area contributed by atoms with E-state index >= 15 is 0 Å². The Hall–Kier alpha value is -1.36. The molecule has 0 saturated carbocycles. The molecule has 1 aromatic carbocycles. The van der Waals surface area contributed by atoms with Crippen LogP contribution >= 0.6 is 24.0 Å². The number of amides is 1. The van der Waals surface area contributed by atoms with E-state index in [1.807, 2.05) is 22.8 Å². The fourth-order valence-corrected chi connectivity index (χ4v) is 5.69. The van der Waals surface area contributed by atoms with Gasteiger partial charge in [0.25, 0.3) is 0 Å². The third-order valence-electron chi connectivity index (χ3n) is 6.38. The molecule has 2 fully saturated rings. The molecule has 0 aromatic heterocycles. The molecule has 0 spiro atoms. The van der Waals surface area contributed by atoms with E-state index in [0.29, 0.717) is 31.5 Å². The first-order valence-electron chi connectivity index (χ1n) is 11.3. The minimum Gasteiger partial charge on any atom is -0.357 e. The average Bonchev–Trinajstić information content (AvgIpc) is 2.74. The van der Waals surface area contributed by atoms with Gasteiger partial charge in [0.05, 0.1) is 10.5 Å². The molecule has 2 aliphatic rings. The lowest BCUT2D eigenvalue weighted by molar-refractivity contribution is -0.131. The summed E-state index contributed by atoms with van der Waals surface area (Å²) in [4.78, 5) is 21.2. The fraction of sp³-hybridized carbons (Fsp3) is 0.652. The molecule has 1 amide bonds. The topological polar surface area (TPSA) is 82.1 Å². The van der Waals surface area contributed by atoms with Crippen LogP contribution < -0.4 is 5.32 Å². The minimum atomic E-state index is -3.12. The van der Waals surface area contributed by atoms with Gasteiger partial charge in [-0.25, -0.2) is 13.4 Å². The lowest BCUT2D eigenvalue weighted by atomic mass is 9.90. The SMILES string of the molecule is CCNC(=NCC(=O)N1CCC(Cc2ccccc2)CC1)N1CCS(=O)(=O)C(C)(C)C1.I. The van der Waals surface area contributed by atoms with E-state index in [9.17, 15) is 13.2 Å². The number of hydrogen-bond donors (Lipinski definition) is 1. The molecule has 0 aliphatic carbocycles. The summed E-state index contributed by atoms with van der Waals surface area (Å²) in [6, 6.07) is 10.5. The first kappa shape index (κ1) is 26.9. The summed E-state index contributed by atoms with van der Waals surface area (Å²) < 4.78 is 23.8. The highest BCUT2D eigenvalue weighted by Crippen LogP contribution is 2.24. The highest BCUT2D eigenvalue weighted by molar-refractivity contribution is 14.0. The minimum absolute atomic E-state index is 0. The molecule has 1 aromatic rings. The van der Waals surface area contributed by atoms with Crippen LogP contribution in [0.1, 0.15) is 39.2 Å². The van der Waals surface area contributed by atoms with Crippen LogP contribution in [0.2, 0.25) is 0 Å². The Kier molecular flexibility index (Phi) is 9.81. The smallest absolute Gasteiger partial charge is 0.244 e. The first-order valence-corrected chi connectivity index (χ1v) is 12.9. The largest absolute Gasteiger partial charge is 0.357 e. The van der Waals surface area contributed by atoms with E-state index in [2.05, 4.69) is 34.6 Å². The van der Waals surface area contributed by atoms with Crippen molar-refractivity contribution in [3.63, 3.8) is 0 Å². The van der Waals surface area contributed by atoms with Crippen molar-refractivity contribution in [2.75, 3.05) is 45.0 Å². The van der Waals surface area contributed by atoms with E-state index in [0.717, 1.165) is 32.4 Å². The summed E-state index contributed by atoms with van der Waals surface area (Å²) in [5, 5.41) is 3.22. The van der Waals surface area contributed by atoms with E-state index in [4.69, 9.17) is 0 Å². The molecule has 7 nitrogen and oxygen atoms in total. The quantitative estimate of drug-likeness (QED) is 0.331. The molecule has 2 heterocycles. The van der Waals surface area contributed by atoms with Gasteiger partial charge in [-0.3, -0.25) is 4.79 Å². The molecule has 0 radical (unpaired) electrons. The van der Waals surface area contributed by atoms with Crippen molar-refractivity contribution >= 4 is 45.7 Å². The number of likely N-dealkylation sites (tertiary alicyclic amines) is 1. The molecule has 2 aliphatic heterocycles. The van der Waals surface area contributed by atoms with E-state index in [1.165, 1.54) is 5.56 Å². The fourth-order valence-electron chi connectivity index (χ4n) is 4.33. The van der Waals surface area contributed by atoms with Crippen molar-refractivity contribution in [3.05, 3.63) is 35.9 Å². The summed E-state index contributed by atoms with van der Waals surface area (Å²) in [6.45, 7) is 8.56. The first-order chi connectivity index (χ1) is 14.7. The Morgan fingerprint density at radius 1 is 1.12 bits per heavy atom. The summed E-state index contributed by atoms with van der Waals surface area (Å²) in [5.74, 6) is 1.38. The second kappa shape index (κ2) is 11.7. The van der Waals surface area contributed by atoms with Crippen molar-refractivity contribution in [2.45, 2.75) is 44.8 Å². The number of hydrogen-bond acceptors (Lipinski definition) is 4. The number of guanidine groups is 1. The molecule has 0 unspecified atom stereocenters. The zero-order valence-electron chi connectivity index (χ0n) is 19.4. The van der Waals surface area contributed by atoms with Crippen molar-refractivity contribution in [3.8, 4) is 0 Å². The number of carbonyl (C=O) groups excluding carboxylic acids is 1. The Morgan fingerprint density at radius 2 is 1.78 bits per heavy atom. The van der Waals surface area contributed by atoms with Crippen LogP contribution in [0.3, 0.4) is 0 Å². The second-order valence-electron chi connectivity index (χ2n) is 9.18. The van der Waals surface area contributed by atoms with Gasteiger partial charge in [0.15, 0.2) is 15.8 Å². The van der Waals surface area contributed by atoms with Gasteiger partial charge < -0.3 is 15.1 Å². The zero-order valence-corrected chi connectivity index (χ0v) is 22.6. The standard InChI is InChI=1S/C23H36N4O3S.HI/c1-4-24-22(27-14-15-31(29,30)23(2,3)18-27)25-17-21(28)26-12-10-20(11-13-26)16-19-8-6-5-7-9-19;/h5-9,20H,4,10-18H2,1-3H3,(H,24,25);1H. The summed E-state index contributed by atoms with van der Waals surface area (Å²) in [7, 11) is -3.12. The molecule has 0 atom stereocenters. The van der Waals surface area contributed by atoms with E-state index < -0.39 is 14.6 Å². The van der Waals surface area contributed by atoms with Crippen LogP contribution in [0, 0.1) is 5.92 Å². The van der Waals surface area contributed by atoms with Crippen molar-refractivity contribution in [2.24, 2.45) is 10.9 Å². The number of rotatable bonds is 5. The maximum Gasteiger partial charge on any atom is 0.244 e. The van der Waals surface area contributed by atoms with Crippen LogP contribution in [0.15, 0.2) is 35.3 Å². The summed E-state index contributed by atoms with van der Waals surface area (Å²) >= 11 is 0. The maximum atomic E-state index is 12.8. The van der Waals surface area contributed by atoms with E-state index in [1.54, 1.807) is 13.8 Å². The monoisotopic (exact) mass is 576 g/mol. The molecule has 180 valence electrons. The number of sulfone groups is 1. The molecular weight excluding hydrogens is 539 g/mol. The number of nitrogens with one attached hydrogen (secondary N) is 1. The van der Waals surface area contributed by atoms with Gasteiger partial charge in [-0.1, -0.05) is 30.3 Å². The van der Waals surface area contributed by atoms with Crippen molar-refractivity contribution < 1.29 is 13.2 Å². The molecular formula is C23H37IN4O3S. The van der Waals surface area contributed by atoms with Gasteiger partial charge in [0, 0.05) is 32.7 Å². The molecule has 3 rings (SSSR count). The normalized spacial score (nSPS) is 21.0. The van der Waals surface area contributed by atoms with Gasteiger partial charge in [-0.2, -0.15) is 0 Å². The number of benzene rings is 1. The van der Waals surface area contributed by atoms with Crippen LogP contribution in [-0.4, -0.2) is 79.9 Å². The average molecular weight is 577 g/mol. The highest BCUT2D eigenvalue weighted by Gasteiger charge is 2.41. The molecule has 9 heteroatoms. The van der Waals surface area contributed by atoms with Crippen LogP contribution in [0.25, 0.3) is 0 Å². The van der Waals surface area contributed by atoms with Gasteiger partial charge in [0.2, 0.25) is 5.91 Å². The number of piperidine rings is 1. The lowest BCUT2D eigenvalue weighted by Gasteiger charge is -2.39. The second-order valence-corrected chi connectivity index (χ2v) is 11.9. The highest BCUT2D eigenvalue weighted by atomic mass is 127. The summed E-state index contributed by atoms with van der Waals surface area (Å²) in [6.07, 6.45) is 3.10. The molecule has 0 bridgehead atoms. The lowest BCUT2D eigenvalue weighted by Crippen LogP contribution is -2.57. The third kappa shape index (κ3) is 6.82. The Bertz CT molecular complexity index is 882. The van der Waals surface area contributed by atoms with Gasteiger partial charge in [-0.05, 0) is 51.5 Å². The Labute approximate surface area is 210 Å². The maximum absolute atomic E-state index is 12.8. The summed E-state index contributed by atoms with van der Waals surface area (Å²) in [5.41, 5.74) is 1.36. The predicted octanol–water partition coefficient (Wildman–Crippen LogP) is 2.56. The number of aliphatic imine (C=N–C) groups is 1. The molecule has 1 N–H and O–H groups in total. The number of nitrogens with zero attached hydrogens (tertiary/aromatic N) is 3. The Balaban J connectivity index is 0.00000363. The van der Waals surface area contributed by atoms with E-state index in [-0.39, 0.29) is 42.2 Å². The number of halogens is 1. The predicted molar refractivity (Wildman–Crippen MR) is 140 cm³/mol. The third-order valence-corrected chi connectivity index (χ3v) is 8.91. The van der Waals surface area contributed by atoms with Crippen LogP contribution in [0.4, 0.5) is 0 Å². The van der Waals surface area contributed by atoms with Crippen LogP contribution in [-0.2, 0) is 21.1 Å². The number of carbonyl (C=O) groups is 1. The van der Waals surface area contributed by atoms with Gasteiger partial charge in [-0.15, -0.1) is 24.0 Å².